The molecule has 2 aliphatic rings. The summed E-state index contributed by atoms with van der Waals surface area (Å²) in [5, 5.41) is 0. The maximum absolute atomic E-state index is 12.8. The van der Waals surface area contributed by atoms with Gasteiger partial charge in [-0.05, 0) is 45.7 Å². The van der Waals surface area contributed by atoms with Crippen molar-refractivity contribution < 1.29 is 14.3 Å². The number of carbonyl (C=O) groups is 2. The quantitative estimate of drug-likeness (QED) is 0.683. The van der Waals surface area contributed by atoms with E-state index in [0.717, 1.165) is 0 Å². The summed E-state index contributed by atoms with van der Waals surface area (Å²) in [7, 11) is 0. The first kappa shape index (κ1) is 13.9. The highest BCUT2D eigenvalue weighted by Crippen LogP contribution is 2.45. The van der Waals surface area contributed by atoms with E-state index in [2.05, 4.69) is 0 Å². The van der Waals surface area contributed by atoms with Gasteiger partial charge in [0.1, 0.15) is 11.1 Å². The monoisotopic (exact) mass is 285 g/mol. The first-order valence-corrected chi connectivity index (χ1v) is 7.17. The molecular formula is C17H19NO3. The maximum atomic E-state index is 12.8. The molecule has 110 valence electrons. The van der Waals surface area contributed by atoms with E-state index in [1.54, 1.807) is 11.0 Å². The number of amides is 1. The van der Waals surface area contributed by atoms with Gasteiger partial charge < -0.3 is 4.74 Å². The SMILES string of the molecule is CC(C)(C)OC(=O)N1c2ccccc2C(=O)C12CC=CC2. The van der Waals surface area contributed by atoms with Gasteiger partial charge in [0.15, 0.2) is 5.78 Å². The molecule has 1 aromatic rings. The van der Waals surface area contributed by atoms with E-state index in [4.69, 9.17) is 4.74 Å². The molecule has 1 amide bonds. The zero-order valence-corrected chi connectivity index (χ0v) is 12.6. The van der Waals surface area contributed by atoms with E-state index in [9.17, 15) is 9.59 Å². The molecule has 0 radical (unpaired) electrons. The van der Waals surface area contributed by atoms with Gasteiger partial charge in [-0.1, -0.05) is 24.3 Å². The molecule has 21 heavy (non-hydrogen) atoms. The summed E-state index contributed by atoms with van der Waals surface area (Å²) < 4.78 is 5.52. The summed E-state index contributed by atoms with van der Waals surface area (Å²) in [6.07, 6.45) is 4.55. The van der Waals surface area contributed by atoms with Crippen LogP contribution in [0.4, 0.5) is 10.5 Å². The fourth-order valence-corrected chi connectivity index (χ4v) is 3.03. The third-order valence-electron chi connectivity index (χ3n) is 3.89. The Morgan fingerprint density at radius 2 is 1.81 bits per heavy atom. The zero-order chi connectivity index (χ0) is 15.3. The van der Waals surface area contributed by atoms with Gasteiger partial charge in [0.2, 0.25) is 0 Å². The Hall–Kier alpha value is -2.10. The van der Waals surface area contributed by atoms with Gasteiger partial charge >= 0.3 is 6.09 Å². The van der Waals surface area contributed by atoms with Gasteiger partial charge in [-0.25, -0.2) is 4.79 Å². The minimum absolute atomic E-state index is 0.00830. The number of Topliss-reactive ketones (excluding diaryl/α,β-unsaturated/α-hetero) is 1. The summed E-state index contributed by atoms with van der Waals surface area (Å²) in [5.74, 6) is 0.00830. The molecule has 1 spiro atoms. The third kappa shape index (κ3) is 2.06. The molecule has 4 heteroatoms. The molecule has 0 saturated carbocycles. The summed E-state index contributed by atoms with van der Waals surface area (Å²) in [5.41, 5.74) is -0.163. The van der Waals surface area contributed by atoms with Gasteiger partial charge in [-0.15, -0.1) is 0 Å². The second kappa shape index (κ2) is 4.45. The van der Waals surface area contributed by atoms with Crippen molar-refractivity contribution in [1.29, 1.82) is 0 Å². The van der Waals surface area contributed by atoms with Crippen LogP contribution in [0.2, 0.25) is 0 Å². The first-order chi connectivity index (χ1) is 9.85. The summed E-state index contributed by atoms with van der Waals surface area (Å²) in [6.45, 7) is 5.48. The number of para-hydroxylation sites is 1. The second-order valence-corrected chi connectivity index (χ2v) is 6.57. The normalized spacial score (nSPS) is 19.2. The molecular weight excluding hydrogens is 266 g/mol. The van der Waals surface area contributed by atoms with Crippen LogP contribution in [-0.4, -0.2) is 23.0 Å². The van der Waals surface area contributed by atoms with Crippen LogP contribution < -0.4 is 4.90 Å². The van der Waals surface area contributed by atoms with Crippen LogP contribution in [0.25, 0.3) is 0 Å². The van der Waals surface area contributed by atoms with Crippen LogP contribution in [0.3, 0.4) is 0 Å². The van der Waals surface area contributed by atoms with Gasteiger partial charge in [0.25, 0.3) is 0 Å². The lowest BCUT2D eigenvalue weighted by Gasteiger charge is -2.35. The van der Waals surface area contributed by atoms with Crippen LogP contribution >= 0.6 is 0 Å². The number of ketones is 1. The van der Waals surface area contributed by atoms with Crippen molar-refractivity contribution in [2.75, 3.05) is 4.90 Å². The number of ether oxygens (including phenoxy) is 1. The fraction of sp³-hybridized carbons (Fsp3) is 0.412. The predicted molar refractivity (Wildman–Crippen MR) is 80.6 cm³/mol. The van der Waals surface area contributed by atoms with Gasteiger partial charge in [-0.2, -0.15) is 0 Å². The number of anilines is 1. The van der Waals surface area contributed by atoms with Gasteiger partial charge in [0.05, 0.1) is 5.69 Å². The van der Waals surface area contributed by atoms with Crippen molar-refractivity contribution in [2.45, 2.75) is 44.8 Å². The predicted octanol–water partition coefficient (Wildman–Crippen LogP) is 3.71. The minimum atomic E-state index is -0.827. The maximum Gasteiger partial charge on any atom is 0.415 e. The highest BCUT2D eigenvalue weighted by molar-refractivity contribution is 6.20. The van der Waals surface area contributed by atoms with Crippen molar-refractivity contribution in [3.63, 3.8) is 0 Å². The highest BCUT2D eigenvalue weighted by Gasteiger charge is 2.54. The second-order valence-electron chi connectivity index (χ2n) is 6.57. The van der Waals surface area contributed by atoms with E-state index in [1.165, 1.54) is 0 Å². The Kier molecular flexibility index (Phi) is 2.94. The molecule has 1 aromatic carbocycles. The zero-order valence-electron chi connectivity index (χ0n) is 12.6. The molecule has 0 N–H and O–H groups in total. The number of fused-ring (bicyclic) bond motifs is 1. The Bertz CT molecular complexity index is 632. The van der Waals surface area contributed by atoms with Crippen LogP contribution in [0.15, 0.2) is 36.4 Å². The molecule has 4 nitrogen and oxygen atoms in total. The first-order valence-electron chi connectivity index (χ1n) is 7.17. The summed E-state index contributed by atoms with van der Waals surface area (Å²) in [4.78, 5) is 27.0. The standard InChI is InChI=1S/C17H19NO3/c1-16(2,3)21-15(20)18-13-9-5-4-8-12(13)14(19)17(18)10-6-7-11-17/h4-9H,10-11H2,1-3H3. The van der Waals surface area contributed by atoms with E-state index in [1.807, 2.05) is 51.1 Å². The number of nitrogens with zero attached hydrogens (tertiary/aromatic N) is 1. The Morgan fingerprint density at radius 3 is 2.43 bits per heavy atom. The largest absolute Gasteiger partial charge is 0.443 e. The molecule has 1 aliphatic carbocycles. The van der Waals surface area contributed by atoms with Crippen LogP contribution in [0.1, 0.15) is 44.0 Å². The average molecular weight is 285 g/mol. The van der Waals surface area contributed by atoms with Crippen LogP contribution in [0, 0.1) is 0 Å². The number of hydrogen-bond acceptors (Lipinski definition) is 3. The van der Waals surface area contributed by atoms with E-state index in [-0.39, 0.29) is 5.78 Å². The van der Waals surface area contributed by atoms with E-state index >= 15 is 0 Å². The average Bonchev–Trinajstić information content (AvgIpc) is 2.95. The number of hydrogen-bond donors (Lipinski definition) is 0. The molecule has 3 rings (SSSR count). The van der Waals surface area contributed by atoms with Crippen molar-refractivity contribution in [3.05, 3.63) is 42.0 Å². The Balaban J connectivity index is 2.07. The lowest BCUT2D eigenvalue weighted by atomic mass is 9.90. The summed E-state index contributed by atoms with van der Waals surface area (Å²) in [6, 6.07) is 7.25. The van der Waals surface area contributed by atoms with Crippen molar-refractivity contribution in [1.82, 2.24) is 0 Å². The minimum Gasteiger partial charge on any atom is -0.443 e. The van der Waals surface area contributed by atoms with Crippen molar-refractivity contribution in [2.24, 2.45) is 0 Å². The van der Waals surface area contributed by atoms with Crippen LogP contribution in [-0.2, 0) is 4.74 Å². The fourth-order valence-electron chi connectivity index (χ4n) is 3.03. The topological polar surface area (TPSA) is 46.6 Å². The highest BCUT2D eigenvalue weighted by atomic mass is 16.6. The molecule has 0 aromatic heterocycles. The number of carbonyl (C=O) groups excluding carboxylic acids is 2. The van der Waals surface area contributed by atoms with E-state index < -0.39 is 17.2 Å². The van der Waals surface area contributed by atoms with Crippen LogP contribution in [0.5, 0.6) is 0 Å². The molecule has 0 bridgehead atoms. The van der Waals surface area contributed by atoms with Crippen molar-refractivity contribution >= 4 is 17.6 Å². The lowest BCUT2D eigenvalue weighted by molar-refractivity contribution is 0.0529. The Morgan fingerprint density at radius 1 is 1.19 bits per heavy atom. The third-order valence-corrected chi connectivity index (χ3v) is 3.89. The summed E-state index contributed by atoms with van der Waals surface area (Å²) >= 11 is 0. The van der Waals surface area contributed by atoms with Gasteiger partial charge in [-0.3, -0.25) is 9.69 Å². The molecule has 1 aliphatic heterocycles. The molecule has 0 atom stereocenters. The van der Waals surface area contributed by atoms with E-state index in [0.29, 0.717) is 24.1 Å². The lowest BCUT2D eigenvalue weighted by Crippen LogP contribution is -2.53. The molecule has 0 saturated heterocycles. The number of benzene rings is 1. The molecule has 0 unspecified atom stereocenters. The smallest absolute Gasteiger partial charge is 0.415 e. The van der Waals surface area contributed by atoms with Gasteiger partial charge in [0, 0.05) is 5.56 Å². The molecule has 1 heterocycles. The van der Waals surface area contributed by atoms with Crippen molar-refractivity contribution in [3.8, 4) is 0 Å². The molecule has 0 fully saturated rings. The number of rotatable bonds is 0. The Labute approximate surface area is 124 Å².